The van der Waals surface area contributed by atoms with Gasteiger partial charge >= 0.3 is 36.3 Å². The zero-order valence-corrected chi connectivity index (χ0v) is 5.42. The second kappa shape index (κ2) is 79.0. The van der Waals surface area contributed by atoms with Crippen LogP contribution in [0.4, 0.5) is 0 Å². The molecule has 0 aliphatic rings. The first-order valence-corrected chi connectivity index (χ1v) is 0. The Bertz CT molecular complexity index is 6.85. The first-order valence-electron chi connectivity index (χ1n) is 0. The summed E-state index contributed by atoms with van der Waals surface area (Å²) in [6, 6.07) is 0. The SMILES string of the molecule is [Ni+2].[O-2].[O-2].[O-2].[Os+4]. The Hall–Kier alpha value is 1.01. The Morgan fingerprint density at radius 2 is 0.600 bits per heavy atom. The molecule has 0 spiro atoms. The van der Waals surface area contributed by atoms with E-state index in [2.05, 4.69) is 0 Å². The molecule has 3 nitrogen and oxygen atoms in total. The fourth-order valence-electron chi connectivity index (χ4n) is 0. The van der Waals surface area contributed by atoms with E-state index in [1.165, 1.54) is 0 Å². The van der Waals surface area contributed by atoms with Crippen LogP contribution in [-0.2, 0) is 52.7 Å². The van der Waals surface area contributed by atoms with Crippen LogP contribution in [0, 0.1) is 0 Å². The summed E-state index contributed by atoms with van der Waals surface area (Å²) in [4.78, 5) is 0. The summed E-state index contributed by atoms with van der Waals surface area (Å²) in [5.41, 5.74) is 0. The van der Waals surface area contributed by atoms with Gasteiger partial charge in [0.25, 0.3) is 0 Å². The zero-order valence-electron chi connectivity index (χ0n) is 1.89. The summed E-state index contributed by atoms with van der Waals surface area (Å²) in [6.07, 6.45) is 0. The van der Waals surface area contributed by atoms with E-state index in [9.17, 15) is 0 Å². The molecule has 0 saturated carbocycles. The maximum absolute atomic E-state index is 0. The third-order valence-corrected chi connectivity index (χ3v) is 0. The molecule has 0 bridgehead atoms. The van der Waals surface area contributed by atoms with E-state index in [4.69, 9.17) is 0 Å². The molecule has 0 rings (SSSR count). The van der Waals surface area contributed by atoms with E-state index in [0.717, 1.165) is 0 Å². The van der Waals surface area contributed by atoms with Gasteiger partial charge in [0.1, 0.15) is 0 Å². The molecule has 0 radical (unpaired) electrons. The Labute approximate surface area is 53.0 Å². The quantitative estimate of drug-likeness (QED) is 0.547. The Morgan fingerprint density at radius 3 is 0.600 bits per heavy atom. The van der Waals surface area contributed by atoms with Crippen LogP contribution in [0.5, 0.6) is 0 Å². The fraction of sp³-hybridized carbons (Fsp3) is 0. The van der Waals surface area contributed by atoms with Crippen LogP contribution in [0.15, 0.2) is 0 Å². The van der Waals surface area contributed by atoms with Gasteiger partial charge in [-0.1, -0.05) is 0 Å². The maximum Gasteiger partial charge on any atom is 4.00 e. The molecule has 0 amide bonds. The minimum absolute atomic E-state index is 0. The molecule has 0 aliphatic carbocycles. The molecule has 36 valence electrons. The van der Waals surface area contributed by atoms with Crippen LogP contribution >= 0.6 is 0 Å². The van der Waals surface area contributed by atoms with Crippen LogP contribution in [0.2, 0.25) is 0 Å². The number of hydrogen-bond donors (Lipinski definition) is 0. The van der Waals surface area contributed by atoms with Crippen molar-refractivity contribution in [1.29, 1.82) is 0 Å². The summed E-state index contributed by atoms with van der Waals surface area (Å²) in [5.74, 6) is 0. The van der Waals surface area contributed by atoms with Gasteiger partial charge in [0.2, 0.25) is 0 Å². The summed E-state index contributed by atoms with van der Waals surface area (Å²) in [7, 11) is 0. The van der Waals surface area contributed by atoms with Gasteiger partial charge in [-0.05, 0) is 0 Å². The largest absolute Gasteiger partial charge is 4.00 e. The third-order valence-electron chi connectivity index (χ3n) is 0. The van der Waals surface area contributed by atoms with Crippen molar-refractivity contribution in [3.63, 3.8) is 0 Å². The van der Waals surface area contributed by atoms with E-state index in [0.29, 0.717) is 0 Å². The van der Waals surface area contributed by atoms with Crippen molar-refractivity contribution in [1.82, 2.24) is 0 Å². The van der Waals surface area contributed by atoms with Crippen LogP contribution in [-0.4, -0.2) is 0 Å². The molecular weight excluding hydrogens is 297 g/mol. The van der Waals surface area contributed by atoms with Crippen molar-refractivity contribution in [2.45, 2.75) is 0 Å². The van der Waals surface area contributed by atoms with Gasteiger partial charge < -0.3 is 16.4 Å². The minimum Gasteiger partial charge on any atom is -2.00 e. The fourth-order valence-corrected chi connectivity index (χ4v) is 0. The van der Waals surface area contributed by atoms with Crippen molar-refractivity contribution in [3.05, 3.63) is 0 Å². The molecule has 0 heterocycles. The van der Waals surface area contributed by atoms with Gasteiger partial charge in [-0.25, -0.2) is 0 Å². The van der Waals surface area contributed by atoms with Gasteiger partial charge in [0.05, 0.1) is 0 Å². The van der Waals surface area contributed by atoms with E-state index in [1.54, 1.807) is 0 Å². The third kappa shape index (κ3) is 44.5. The van der Waals surface area contributed by atoms with Crippen molar-refractivity contribution < 1.29 is 52.7 Å². The molecule has 0 N–H and O–H groups in total. The second-order valence-corrected chi connectivity index (χ2v) is 0. The predicted octanol–water partition coefficient (Wildman–Crippen LogP) is -0.361. The minimum atomic E-state index is 0. The maximum atomic E-state index is 0. The van der Waals surface area contributed by atoms with E-state index >= 15 is 0 Å². The van der Waals surface area contributed by atoms with E-state index in [-0.39, 0.29) is 52.7 Å². The molecule has 5 heteroatoms. The Kier molecular flexibility index (Phi) is 2340. The first-order chi connectivity index (χ1) is 0. The predicted molar refractivity (Wildman–Crippen MR) is 2.06 cm³/mol. The standard InChI is InChI=1S/Ni.3O.Os/q+2;3*-2;+4. The number of hydrogen-bond acceptors (Lipinski definition) is 0. The van der Waals surface area contributed by atoms with E-state index in [1.807, 2.05) is 0 Å². The summed E-state index contributed by atoms with van der Waals surface area (Å²) in [5, 5.41) is 0. The Morgan fingerprint density at radius 1 is 0.600 bits per heavy atom. The summed E-state index contributed by atoms with van der Waals surface area (Å²) in [6.45, 7) is 0. The average Bonchev–Trinajstić information content (AvgIpc) is 0. The molecule has 0 atom stereocenters. The van der Waals surface area contributed by atoms with Gasteiger partial charge in [-0.15, -0.1) is 0 Å². The van der Waals surface area contributed by atoms with Crippen molar-refractivity contribution in [3.8, 4) is 0 Å². The second-order valence-electron chi connectivity index (χ2n) is 0. The van der Waals surface area contributed by atoms with Gasteiger partial charge in [-0.2, -0.15) is 0 Å². The van der Waals surface area contributed by atoms with Gasteiger partial charge in [-0.3, -0.25) is 0 Å². The molecule has 0 fully saturated rings. The molecule has 0 unspecified atom stereocenters. The summed E-state index contributed by atoms with van der Waals surface area (Å²) >= 11 is 0. The van der Waals surface area contributed by atoms with Crippen LogP contribution in [0.3, 0.4) is 0 Å². The molecule has 5 heavy (non-hydrogen) atoms. The van der Waals surface area contributed by atoms with E-state index < -0.39 is 0 Å². The average molecular weight is 297 g/mol. The zero-order chi connectivity index (χ0) is 0. The van der Waals surface area contributed by atoms with Crippen LogP contribution in [0.1, 0.15) is 0 Å². The molecule has 0 aromatic heterocycles. The first kappa shape index (κ1) is 148. The molecular formula is NiO3Os. The van der Waals surface area contributed by atoms with Crippen LogP contribution in [0.25, 0.3) is 0 Å². The van der Waals surface area contributed by atoms with Crippen molar-refractivity contribution in [2.75, 3.05) is 0 Å². The normalized spacial score (nSPS) is 0. The molecule has 0 aromatic carbocycles. The Balaban J connectivity index is 0. The monoisotopic (exact) mass is 298 g/mol. The van der Waals surface area contributed by atoms with Gasteiger partial charge in [0.15, 0.2) is 0 Å². The topological polar surface area (TPSA) is 85.5 Å². The van der Waals surface area contributed by atoms with Crippen molar-refractivity contribution >= 4 is 0 Å². The number of rotatable bonds is 0. The molecule has 0 aromatic rings. The molecule has 0 saturated heterocycles. The van der Waals surface area contributed by atoms with Crippen molar-refractivity contribution in [2.24, 2.45) is 0 Å². The smallest absolute Gasteiger partial charge is 2.00 e. The van der Waals surface area contributed by atoms with Gasteiger partial charge in [0, 0.05) is 0 Å². The molecule has 0 aliphatic heterocycles. The summed E-state index contributed by atoms with van der Waals surface area (Å²) < 4.78 is 0. The van der Waals surface area contributed by atoms with Crippen LogP contribution < -0.4 is 0 Å².